The van der Waals surface area contributed by atoms with E-state index in [1.807, 2.05) is 12.1 Å². The molecule has 0 amide bonds. The van der Waals surface area contributed by atoms with Crippen LogP contribution in [0.15, 0.2) is 18.2 Å². The minimum atomic E-state index is 0.410. The van der Waals surface area contributed by atoms with Crippen molar-refractivity contribution in [3.63, 3.8) is 0 Å². The number of methoxy groups -OCH3 is 1. The summed E-state index contributed by atoms with van der Waals surface area (Å²) in [6.07, 6.45) is 2.73. The average molecular weight is 174 g/mol. The second-order valence-corrected chi connectivity index (χ2v) is 3.22. The van der Waals surface area contributed by atoms with E-state index in [2.05, 4.69) is 0 Å². The molecule has 2 rings (SSSR count). The molecule has 0 bridgehead atoms. The predicted octanol–water partition coefficient (Wildman–Crippen LogP) is 1.03. The molecule has 2 radical (unpaired) electrons. The van der Waals surface area contributed by atoms with Gasteiger partial charge in [0.1, 0.15) is 19.3 Å². The number of hydrogen-bond acceptors (Lipinski definition) is 2. The number of ether oxygens (including phenoxy) is 2. The van der Waals surface area contributed by atoms with Crippen LogP contribution in [0.25, 0.3) is 0 Å². The minimum absolute atomic E-state index is 0.410. The Hall–Kier alpha value is -1.12. The Balaban J connectivity index is 2.16. The fraction of sp³-hybridized carbons (Fsp3) is 0.400. The monoisotopic (exact) mass is 174 g/mol. The maximum atomic E-state index is 5.67. The van der Waals surface area contributed by atoms with Crippen molar-refractivity contribution < 1.29 is 9.47 Å². The molecule has 0 spiro atoms. The third-order valence-electron chi connectivity index (χ3n) is 2.03. The van der Waals surface area contributed by atoms with Gasteiger partial charge in [-0.05, 0) is 18.9 Å². The van der Waals surface area contributed by atoms with Crippen molar-refractivity contribution in [3.8, 4) is 11.5 Å². The number of benzene rings is 1. The first-order valence-corrected chi connectivity index (χ1v) is 4.40. The van der Waals surface area contributed by atoms with E-state index in [1.165, 1.54) is 0 Å². The Morgan fingerprint density at radius 3 is 2.77 bits per heavy atom. The van der Waals surface area contributed by atoms with Crippen LogP contribution in [0, 0.1) is 0 Å². The standard InChI is InChI=1S/C10H11BO2/c1-12-10-6-8(4-5-9(10)11)13-7-2-3-7/h4-7H,2-3H2,1H3. The number of rotatable bonds is 3. The molecule has 0 atom stereocenters. The van der Waals surface area contributed by atoms with Crippen molar-refractivity contribution in [3.05, 3.63) is 18.2 Å². The van der Waals surface area contributed by atoms with Crippen molar-refractivity contribution in [2.75, 3.05) is 7.11 Å². The Morgan fingerprint density at radius 1 is 1.38 bits per heavy atom. The molecule has 1 aromatic rings. The highest BCUT2D eigenvalue weighted by Crippen LogP contribution is 2.27. The van der Waals surface area contributed by atoms with Gasteiger partial charge in [-0.15, -0.1) is 0 Å². The van der Waals surface area contributed by atoms with Crippen LogP contribution in [0.1, 0.15) is 12.8 Å². The molecule has 1 aliphatic rings. The Labute approximate surface area is 79.3 Å². The predicted molar refractivity (Wildman–Crippen MR) is 52.0 cm³/mol. The van der Waals surface area contributed by atoms with Crippen LogP contribution in [0.4, 0.5) is 0 Å². The van der Waals surface area contributed by atoms with Gasteiger partial charge in [-0.2, -0.15) is 0 Å². The first kappa shape index (κ1) is 8.48. The van der Waals surface area contributed by atoms with Crippen LogP contribution >= 0.6 is 0 Å². The highest BCUT2D eigenvalue weighted by molar-refractivity contribution is 6.34. The van der Waals surface area contributed by atoms with Crippen LogP contribution in [-0.2, 0) is 0 Å². The summed E-state index contributed by atoms with van der Waals surface area (Å²) in [7, 11) is 7.27. The van der Waals surface area contributed by atoms with Gasteiger partial charge in [0.05, 0.1) is 13.2 Å². The van der Waals surface area contributed by atoms with E-state index in [0.717, 1.165) is 18.6 Å². The zero-order valence-electron chi connectivity index (χ0n) is 7.62. The van der Waals surface area contributed by atoms with Crippen molar-refractivity contribution in [2.45, 2.75) is 18.9 Å². The second kappa shape index (κ2) is 3.33. The van der Waals surface area contributed by atoms with E-state index in [0.29, 0.717) is 17.3 Å². The Bertz CT molecular complexity index is 308. The first-order chi connectivity index (χ1) is 6.29. The van der Waals surface area contributed by atoms with Crippen LogP contribution in [0.5, 0.6) is 11.5 Å². The van der Waals surface area contributed by atoms with Gasteiger partial charge in [0.25, 0.3) is 0 Å². The lowest BCUT2D eigenvalue weighted by Gasteiger charge is -2.08. The van der Waals surface area contributed by atoms with Crippen molar-refractivity contribution >= 4 is 13.3 Å². The van der Waals surface area contributed by atoms with Gasteiger partial charge in [-0.1, -0.05) is 11.5 Å². The van der Waals surface area contributed by atoms with E-state index in [1.54, 1.807) is 13.2 Å². The zero-order chi connectivity index (χ0) is 9.26. The molecule has 0 aromatic heterocycles. The largest absolute Gasteiger partial charge is 0.497 e. The van der Waals surface area contributed by atoms with Gasteiger partial charge >= 0.3 is 0 Å². The topological polar surface area (TPSA) is 18.5 Å². The smallest absolute Gasteiger partial charge is 0.123 e. The Kier molecular flexibility index (Phi) is 2.17. The molecule has 0 saturated heterocycles. The molecular formula is C10H11BO2. The van der Waals surface area contributed by atoms with E-state index in [9.17, 15) is 0 Å². The summed E-state index contributed by atoms with van der Waals surface area (Å²) in [5, 5.41) is 0. The maximum absolute atomic E-state index is 5.67. The van der Waals surface area contributed by atoms with Crippen molar-refractivity contribution in [1.82, 2.24) is 0 Å². The molecule has 0 heterocycles. The Morgan fingerprint density at radius 2 is 2.15 bits per heavy atom. The van der Waals surface area contributed by atoms with Crippen LogP contribution in [-0.4, -0.2) is 21.1 Å². The molecule has 2 nitrogen and oxygen atoms in total. The summed E-state index contributed by atoms with van der Waals surface area (Å²) >= 11 is 0. The third-order valence-corrected chi connectivity index (χ3v) is 2.03. The quantitative estimate of drug-likeness (QED) is 0.637. The van der Waals surface area contributed by atoms with Gasteiger partial charge < -0.3 is 9.47 Å². The summed E-state index contributed by atoms with van der Waals surface area (Å²) in [4.78, 5) is 0. The third kappa shape index (κ3) is 1.97. The summed E-state index contributed by atoms with van der Waals surface area (Å²) in [5.74, 6) is 1.52. The van der Waals surface area contributed by atoms with Gasteiger partial charge in [-0.3, -0.25) is 0 Å². The normalized spacial score (nSPS) is 15.5. The van der Waals surface area contributed by atoms with E-state index >= 15 is 0 Å². The lowest BCUT2D eigenvalue weighted by atomic mass is 9.95. The van der Waals surface area contributed by atoms with Crippen LogP contribution < -0.4 is 14.9 Å². The molecule has 1 aliphatic carbocycles. The maximum Gasteiger partial charge on any atom is 0.123 e. The molecule has 0 unspecified atom stereocenters. The molecular weight excluding hydrogens is 163 g/mol. The van der Waals surface area contributed by atoms with Crippen LogP contribution in [0.2, 0.25) is 0 Å². The summed E-state index contributed by atoms with van der Waals surface area (Å²) in [6.45, 7) is 0. The number of hydrogen-bond donors (Lipinski definition) is 0. The molecule has 1 fully saturated rings. The zero-order valence-corrected chi connectivity index (χ0v) is 7.62. The molecule has 1 saturated carbocycles. The van der Waals surface area contributed by atoms with Gasteiger partial charge in [0.15, 0.2) is 0 Å². The molecule has 1 aromatic carbocycles. The molecule has 0 N–H and O–H groups in total. The van der Waals surface area contributed by atoms with E-state index in [4.69, 9.17) is 17.3 Å². The lowest BCUT2D eigenvalue weighted by Crippen LogP contribution is -2.07. The molecule has 13 heavy (non-hydrogen) atoms. The summed E-state index contributed by atoms with van der Waals surface area (Å²) in [5.41, 5.74) is 0.644. The highest BCUT2D eigenvalue weighted by atomic mass is 16.5. The summed E-state index contributed by atoms with van der Waals surface area (Å²) < 4.78 is 10.7. The SMILES string of the molecule is [B]c1ccc(OC2CC2)cc1OC. The highest BCUT2D eigenvalue weighted by Gasteiger charge is 2.23. The van der Waals surface area contributed by atoms with E-state index < -0.39 is 0 Å². The molecule has 3 heteroatoms. The fourth-order valence-corrected chi connectivity index (χ4v) is 1.14. The van der Waals surface area contributed by atoms with Gasteiger partial charge in [0.2, 0.25) is 0 Å². The molecule has 66 valence electrons. The van der Waals surface area contributed by atoms with Crippen molar-refractivity contribution in [2.24, 2.45) is 0 Å². The van der Waals surface area contributed by atoms with Crippen LogP contribution in [0.3, 0.4) is 0 Å². The molecule has 0 aliphatic heterocycles. The summed E-state index contributed by atoms with van der Waals surface area (Å²) in [6, 6.07) is 5.50. The van der Waals surface area contributed by atoms with Gasteiger partial charge in [0, 0.05) is 6.07 Å². The lowest BCUT2D eigenvalue weighted by molar-refractivity contribution is 0.301. The fourth-order valence-electron chi connectivity index (χ4n) is 1.14. The second-order valence-electron chi connectivity index (χ2n) is 3.22. The average Bonchev–Trinajstić information content (AvgIpc) is 2.92. The first-order valence-electron chi connectivity index (χ1n) is 4.40. The van der Waals surface area contributed by atoms with Gasteiger partial charge in [-0.25, -0.2) is 0 Å². The van der Waals surface area contributed by atoms with Crippen molar-refractivity contribution in [1.29, 1.82) is 0 Å². The minimum Gasteiger partial charge on any atom is -0.497 e. The van der Waals surface area contributed by atoms with E-state index in [-0.39, 0.29) is 0 Å².